The van der Waals surface area contributed by atoms with Gasteiger partial charge in [-0.2, -0.15) is 4.39 Å². The van der Waals surface area contributed by atoms with E-state index in [1.807, 2.05) is 0 Å². The summed E-state index contributed by atoms with van der Waals surface area (Å²) in [5, 5.41) is 0.0110. The Morgan fingerprint density at radius 1 is 1.22 bits per heavy atom. The van der Waals surface area contributed by atoms with E-state index < -0.39 is 11.5 Å². The molecule has 6 nitrogen and oxygen atoms in total. The summed E-state index contributed by atoms with van der Waals surface area (Å²) in [7, 11) is 0. The zero-order valence-electron chi connectivity index (χ0n) is 11.8. The molecule has 1 aromatic carbocycles. The van der Waals surface area contributed by atoms with E-state index >= 15 is 0 Å². The van der Waals surface area contributed by atoms with Gasteiger partial charge in [0.05, 0.1) is 6.61 Å². The average Bonchev–Trinajstić information content (AvgIpc) is 2.50. The first kappa shape index (κ1) is 14.1. The highest BCUT2D eigenvalue weighted by Gasteiger charge is 2.46. The van der Waals surface area contributed by atoms with E-state index in [9.17, 15) is 4.39 Å². The van der Waals surface area contributed by atoms with Crippen LogP contribution in [-0.4, -0.2) is 17.6 Å². The molecule has 1 spiro atoms. The molecule has 4 rings (SSSR count). The Kier molecular flexibility index (Phi) is 2.89. The first-order valence-electron chi connectivity index (χ1n) is 6.92. The molecule has 1 unspecified atom stereocenters. The molecule has 2 aliphatic heterocycles. The van der Waals surface area contributed by atoms with Crippen LogP contribution in [0.15, 0.2) is 29.3 Å². The zero-order chi connectivity index (χ0) is 16.2. The van der Waals surface area contributed by atoms with Crippen LogP contribution < -0.4 is 16.2 Å². The number of amidine groups is 1. The molecule has 2 aliphatic rings. The average molecular weight is 335 g/mol. The molecule has 0 fully saturated rings. The number of halogens is 2. The van der Waals surface area contributed by atoms with E-state index in [0.717, 1.165) is 0 Å². The molecule has 2 aromatic rings. The number of hydrogen-bond acceptors (Lipinski definition) is 6. The van der Waals surface area contributed by atoms with Gasteiger partial charge in [-0.05, 0) is 24.3 Å². The maximum Gasteiger partial charge on any atom is 0.283 e. The molecule has 8 heteroatoms. The van der Waals surface area contributed by atoms with Crippen molar-refractivity contribution in [3.05, 3.63) is 46.5 Å². The van der Waals surface area contributed by atoms with Crippen molar-refractivity contribution < 1.29 is 13.9 Å². The summed E-state index contributed by atoms with van der Waals surface area (Å²) in [6.45, 7) is 0.324. The van der Waals surface area contributed by atoms with Crippen LogP contribution in [-0.2, 0) is 10.3 Å². The highest BCUT2D eigenvalue weighted by Crippen LogP contribution is 2.53. The Balaban J connectivity index is 2.08. The Hall–Kier alpha value is -2.54. The fourth-order valence-corrected chi connectivity index (χ4v) is 3.24. The summed E-state index contributed by atoms with van der Waals surface area (Å²) < 4.78 is 25.2. The van der Waals surface area contributed by atoms with Gasteiger partial charge in [0.2, 0.25) is 0 Å². The van der Waals surface area contributed by atoms with Crippen molar-refractivity contribution in [2.45, 2.75) is 12.0 Å². The lowest BCUT2D eigenvalue weighted by Crippen LogP contribution is -2.39. The highest BCUT2D eigenvalue weighted by molar-refractivity contribution is 6.29. The van der Waals surface area contributed by atoms with Crippen LogP contribution in [0, 0.1) is 5.95 Å². The van der Waals surface area contributed by atoms with Crippen LogP contribution in [0.2, 0.25) is 5.15 Å². The minimum atomic E-state index is -0.964. The van der Waals surface area contributed by atoms with Crippen LogP contribution in [0.3, 0.4) is 0 Å². The number of pyridine rings is 1. The second-order valence-electron chi connectivity index (χ2n) is 5.38. The third-order valence-corrected chi connectivity index (χ3v) is 4.22. The van der Waals surface area contributed by atoms with E-state index in [1.54, 1.807) is 18.2 Å². The molecule has 0 saturated carbocycles. The topological polar surface area (TPSA) is 95.8 Å². The number of anilines is 1. The molecular formula is C15H12ClFN4O2. The molecule has 0 bridgehead atoms. The van der Waals surface area contributed by atoms with Crippen molar-refractivity contribution >= 4 is 23.3 Å². The summed E-state index contributed by atoms with van der Waals surface area (Å²) in [4.78, 5) is 8.08. The standard InChI is InChI=1S/C15H12ClFN4O2/c16-11-6-9-12(13(17)20-11)23-10-2-1-7(18)5-8(10)15(9)3-4-22-14(19)21-15/h1-2,5-6H,3-4,18H2,(H2,19,21). The molecule has 0 aliphatic carbocycles. The molecular weight excluding hydrogens is 323 g/mol. The Morgan fingerprint density at radius 3 is 2.83 bits per heavy atom. The van der Waals surface area contributed by atoms with Crippen molar-refractivity contribution in [2.24, 2.45) is 10.7 Å². The second-order valence-corrected chi connectivity index (χ2v) is 5.77. The number of ether oxygens (including phenoxy) is 2. The third-order valence-electron chi connectivity index (χ3n) is 4.02. The summed E-state index contributed by atoms with van der Waals surface area (Å²) >= 11 is 5.94. The smallest absolute Gasteiger partial charge is 0.283 e. The zero-order valence-corrected chi connectivity index (χ0v) is 12.6. The van der Waals surface area contributed by atoms with Gasteiger partial charge >= 0.3 is 0 Å². The molecule has 23 heavy (non-hydrogen) atoms. The lowest BCUT2D eigenvalue weighted by Gasteiger charge is -2.39. The number of benzene rings is 1. The van der Waals surface area contributed by atoms with Crippen molar-refractivity contribution in [2.75, 3.05) is 12.3 Å². The first-order valence-corrected chi connectivity index (χ1v) is 7.30. The highest BCUT2D eigenvalue weighted by atomic mass is 35.5. The van der Waals surface area contributed by atoms with E-state index in [0.29, 0.717) is 35.6 Å². The van der Waals surface area contributed by atoms with Crippen molar-refractivity contribution in [1.82, 2.24) is 4.98 Å². The number of aliphatic imine (C=N–C) groups is 1. The van der Waals surface area contributed by atoms with Gasteiger partial charge in [-0.25, -0.2) is 9.98 Å². The van der Waals surface area contributed by atoms with Gasteiger partial charge < -0.3 is 20.9 Å². The van der Waals surface area contributed by atoms with Gasteiger partial charge in [-0.3, -0.25) is 0 Å². The second kappa shape index (κ2) is 4.73. The van der Waals surface area contributed by atoms with Crippen molar-refractivity contribution in [1.29, 1.82) is 0 Å². The fraction of sp³-hybridized carbons (Fsp3) is 0.200. The number of hydrogen-bond donors (Lipinski definition) is 2. The third kappa shape index (κ3) is 2.00. The normalized spacial score (nSPS) is 21.7. The Morgan fingerprint density at radius 2 is 2.04 bits per heavy atom. The Bertz CT molecular complexity index is 858. The first-order chi connectivity index (χ1) is 11.0. The fourth-order valence-electron chi connectivity index (χ4n) is 3.06. The number of aromatic nitrogens is 1. The largest absolute Gasteiger partial charge is 0.465 e. The van der Waals surface area contributed by atoms with Crippen LogP contribution >= 0.6 is 11.6 Å². The molecule has 0 amide bonds. The Labute approximate surface area is 135 Å². The molecule has 1 atom stereocenters. The van der Waals surface area contributed by atoms with Crippen LogP contribution in [0.5, 0.6) is 11.5 Å². The van der Waals surface area contributed by atoms with Gasteiger partial charge in [0.1, 0.15) is 16.4 Å². The quantitative estimate of drug-likeness (QED) is 0.570. The maximum atomic E-state index is 14.3. The van der Waals surface area contributed by atoms with Gasteiger partial charge in [0.15, 0.2) is 5.75 Å². The maximum absolute atomic E-state index is 14.3. The summed E-state index contributed by atoms with van der Waals surface area (Å²) in [5.74, 6) is -0.354. The molecule has 4 N–H and O–H groups in total. The van der Waals surface area contributed by atoms with Crippen LogP contribution in [0.25, 0.3) is 0 Å². The van der Waals surface area contributed by atoms with E-state index in [4.69, 9.17) is 32.5 Å². The molecule has 3 heterocycles. The van der Waals surface area contributed by atoms with Crippen LogP contribution in [0.1, 0.15) is 17.5 Å². The SMILES string of the molecule is NC1=NC2(CCO1)c1cc(N)ccc1Oc1c2cc(Cl)nc1F. The van der Waals surface area contributed by atoms with Gasteiger partial charge in [-0.15, -0.1) is 0 Å². The lowest BCUT2D eigenvalue weighted by molar-refractivity contribution is 0.217. The van der Waals surface area contributed by atoms with Crippen molar-refractivity contribution in [3.63, 3.8) is 0 Å². The van der Waals surface area contributed by atoms with Gasteiger partial charge in [0, 0.05) is 23.2 Å². The molecule has 1 aromatic heterocycles. The minimum Gasteiger partial charge on any atom is -0.465 e. The van der Waals surface area contributed by atoms with E-state index in [2.05, 4.69) is 9.98 Å². The minimum absolute atomic E-state index is 0.00915. The van der Waals surface area contributed by atoms with E-state index in [1.165, 1.54) is 6.07 Å². The predicted octanol–water partition coefficient (Wildman–Crippen LogP) is 2.54. The number of nitrogen functional groups attached to an aromatic ring is 1. The van der Waals surface area contributed by atoms with Crippen molar-refractivity contribution in [3.8, 4) is 11.5 Å². The summed E-state index contributed by atoms with van der Waals surface area (Å²) in [6, 6.07) is 6.64. The number of rotatable bonds is 0. The number of nitrogens with zero attached hydrogens (tertiary/aromatic N) is 2. The van der Waals surface area contributed by atoms with E-state index in [-0.39, 0.29) is 16.9 Å². The number of nitrogens with two attached hydrogens (primary N) is 2. The monoisotopic (exact) mass is 334 g/mol. The van der Waals surface area contributed by atoms with Crippen LogP contribution in [0.4, 0.5) is 10.1 Å². The molecule has 0 saturated heterocycles. The lowest BCUT2D eigenvalue weighted by atomic mass is 9.78. The van der Waals surface area contributed by atoms with Gasteiger partial charge in [-0.1, -0.05) is 11.6 Å². The predicted molar refractivity (Wildman–Crippen MR) is 83.1 cm³/mol. The molecule has 0 radical (unpaired) electrons. The van der Waals surface area contributed by atoms with Gasteiger partial charge in [0.25, 0.3) is 12.0 Å². The number of fused-ring (bicyclic) bond motifs is 4. The summed E-state index contributed by atoms with van der Waals surface area (Å²) in [6.07, 6.45) is 0.445. The summed E-state index contributed by atoms with van der Waals surface area (Å²) in [5.41, 5.74) is 12.4. The molecule has 118 valence electrons.